The standard InChI is InChI=1S/C33H39Cl2N7O6/c1-5-26(43)38-22-9-12-48-18-23(22)39-33-37-15-20-13-21(28-29(34)24(46-3)14-25(47-4)30(28)35)32(45)42(31(20)40-33)17-19-8-11-41(16-19)27(44)7-6-10-36-2/h5-7,13-15,19,22-23,36H,1,8-12,16-18H2,2-4H3,(H,38,43)(H,37,39,40)/b7-6+. The summed E-state index contributed by atoms with van der Waals surface area (Å²) in [5.74, 6) is 0.432. The predicted molar refractivity (Wildman–Crippen MR) is 185 cm³/mol. The molecule has 1 aromatic carbocycles. The molecule has 2 aliphatic heterocycles. The number of carbonyl (C=O) groups is 2. The molecule has 0 radical (unpaired) electrons. The summed E-state index contributed by atoms with van der Waals surface area (Å²) < 4.78 is 18.2. The molecule has 48 heavy (non-hydrogen) atoms. The van der Waals surface area contributed by atoms with Gasteiger partial charge in [0.25, 0.3) is 5.56 Å². The lowest BCUT2D eigenvalue weighted by atomic mass is 10.0. The van der Waals surface area contributed by atoms with Gasteiger partial charge in [-0.05, 0) is 37.9 Å². The van der Waals surface area contributed by atoms with Crippen LogP contribution < -0.4 is 31.0 Å². The third-order valence-electron chi connectivity index (χ3n) is 8.47. The molecule has 3 N–H and O–H groups in total. The number of likely N-dealkylation sites (tertiary alicyclic amines) is 1. The Kier molecular flexibility index (Phi) is 11.6. The normalized spacial score (nSPS) is 19.4. The van der Waals surface area contributed by atoms with Crippen molar-refractivity contribution in [3.63, 3.8) is 0 Å². The maximum Gasteiger partial charge on any atom is 0.260 e. The topological polar surface area (TPSA) is 149 Å². The molecule has 5 rings (SSSR count). The zero-order chi connectivity index (χ0) is 34.4. The molecule has 2 saturated heterocycles. The summed E-state index contributed by atoms with van der Waals surface area (Å²) in [4.78, 5) is 50.5. The van der Waals surface area contributed by atoms with Crippen molar-refractivity contribution in [3.8, 4) is 22.6 Å². The number of hydrogen-bond donors (Lipinski definition) is 3. The molecule has 3 atom stereocenters. The minimum atomic E-state index is -0.387. The van der Waals surface area contributed by atoms with Gasteiger partial charge >= 0.3 is 0 Å². The van der Waals surface area contributed by atoms with E-state index in [1.807, 2.05) is 7.05 Å². The minimum Gasteiger partial charge on any atom is -0.495 e. The highest BCUT2D eigenvalue weighted by atomic mass is 35.5. The van der Waals surface area contributed by atoms with Gasteiger partial charge in [-0.1, -0.05) is 35.9 Å². The summed E-state index contributed by atoms with van der Waals surface area (Å²) in [5, 5.41) is 10.1. The molecule has 3 aromatic rings. The fraction of sp³-hybridized carbons (Fsp3) is 0.424. The fourth-order valence-corrected chi connectivity index (χ4v) is 6.69. The molecule has 13 nitrogen and oxygen atoms in total. The van der Waals surface area contributed by atoms with Crippen LogP contribution in [-0.4, -0.2) is 97.4 Å². The van der Waals surface area contributed by atoms with Crippen LogP contribution >= 0.6 is 23.2 Å². The van der Waals surface area contributed by atoms with E-state index < -0.39 is 0 Å². The van der Waals surface area contributed by atoms with E-state index in [4.69, 9.17) is 42.4 Å². The molecular weight excluding hydrogens is 661 g/mol. The van der Waals surface area contributed by atoms with Gasteiger partial charge in [-0.2, -0.15) is 4.98 Å². The number of aromatic nitrogens is 3. The second-order valence-corrected chi connectivity index (χ2v) is 12.3. The number of nitrogens with one attached hydrogen (secondary N) is 3. The molecule has 0 aliphatic carbocycles. The number of anilines is 1. The number of ether oxygens (including phenoxy) is 3. The average Bonchev–Trinajstić information content (AvgIpc) is 3.56. The first-order valence-electron chi connectivity index (χ1n) is 15.6. The van der Waals surface area contributed by atoms with Crippen LogP contribution in [0.5, 0.6) is 11.5 Å². The quantitative estimate of drug-likeness (QED) is 0.241. The largest absolute Gasteiger partial charge is 0.495 e. The van der Waals surface area contributed by atoms with Gasteiger partial charge in [0.1, 0.15) is 17.1 Å². The summed E-state index contributed by atoms with van der Waals surface area (Å²) in [7, 11) is 4.74. The Morgan fingerprint density at radius 1 is 1.15 bits per heavy atom. The van der Waals surface area contributed by atoms with Crippen molar-refractivity contribution in [1.82, 2.24) is 30.1 Å². The van der Waals surface area contributed by atoms with Crippen molar-refractivity contribution >= 4 is 52.0 Å². The smallest absolute Gasteiger partial charge is 0.260 e. The van der Waals surface area contributed by atoms with Crippen molar-refractivity contribution in [3.05, 3.63) is 63.5 Å². The van der Waals surface area contributed by atoms with E-state index in [0.29, 0.717) is 68.2 Å². The number of pyridine rings is 1. The minimum absolute atomic E-state index is 0.0368. The Balaban J connectivity index is 1.57. The van der Waals surface area contributed by atoms with Crippen LogP contribution in [0.4, 0.5) is 5.95 Å². The summed E-state index contributed by atoms with van der Waals surface area (Å²) in [5.41, 5.74) is 0.468. The fourth-order valence-electron chi connectivity index (χ4n) is 5.98. The van der Waals surface area contributed by atoms with Crippen LogP contribution in [0.15, 0.2) is 47.9 Å². The summed E-state index contributed by atoms with van der Waals surface area (Å²) in [6.45, 7) is 6.23. The van der Waals surface area contributed by atoms with Crippen molar-refractivity contribution < 1.29 is 23.8 Å². The first kappa shape index (κ1) is 35.1. The Morgan fingerprint density at radius 2 is 1.90 bits per heavy atom. The summed E-state index contributed by atoms with van der Waals surface area (Å²) in [6.07, 6.45) is 7.46. The Labute approximate surface area is 288 Å². The van der Waals surface area contributed by atoms with Crippen molar-refractivity contribution in [2.45, 2.75) is 31.5 Å². The Morgan fingerprint density at radius 3 is 2.58 bits per heavy atom. The van der Waals surface area contributed by atoms with E-state index in [-0.39, 0.29) is 69.0 Å². The SMILES string of the molecule is C=CC(=O)NC1CCOCC1Nc1ncc2cc(-c3c(Cl)c(OC)cc(OC)c3Cl)c(=O)n(CC3CCN(C(=O)/C=C/CNC)C3)c2n1. The third kappa shape index (κ3) is 7.59. The number of nitrogens with zero attached hydrogens (tertiary/aromatic N) is 4. The summed E-state index contributed by atoms with van der Waals surface area (Å²) >= 11 is 13.5. The predicted octanol–water partition coefficient (Wildman–Crippen LogP) is 3.28. The molecule has 4 heterocycles. The monoisotopic (exact) mass is 699 g/mol. The molecule has 2 amide bonds. The number of carbonyl (C=O) groups excluding carboxylic acids is 2. The molecule has 2 aliphatic rings. The average molecular weight is 701 g/mol. The lowest BCUT2D eigenvalue weighted by Crippen LogP contribution is -2.52. The van der Waals surface area contributed by atoms with Gasteiger partial charge in [0.2, 0.25) is 17.8 Å². The van der Waals surface area contributed by atoms with E-state index in [1.54, 1.807) is 39.9 Å². The number of benzene rings is 1. The molecule has 3 unspecified atom stereocenters. The van der Waals surface area contributed by atoms with Gasteiger partial charge in [0.15, 0.2) is 0 Å². The molecule has 0 saturated carbocycles. The van der Waals surface area contributed by atoms with Crippen molar-refractivity contribution in [2.75, 3.05) is 59.4 Å². The van der Waals surface area contributed by atoms with Gasteiger partial charge in [-0.15, -0.1) is 0 Å². The van der Waals surface area contributed by atoms with Crippen LogP contribution in [0, 0.1) is 5.92 Å². The number of methoxy groups -OCH3 is 2. The Bertz CT molecular complexity index is 1750. The maximum absolute atomic E-state index is 14.5. The highest BCUT2D eigenvalue weighted by molar-refractivity contribution is 6.41. The van der Waals surface area contributed by atoms with Crippen LogP contribution in [-0.2, 0) is 20.9 Å². The van der Waals surface area contributed by atoms with Crippen LogP contribution in [0.25, 0.3) is 22.2 Å². The molecule has 0 spiro atoms. The molecule has 256 valence electrons. The van der Waals surface area contributed by atoms with Crippen molar-refractivity contribution in [2.24, 2.45) is 5.92 Å². The number of halogens is 2. The number of amides is 2. The van der Waals surface area contributed by atoms with Crippen molar-refractivity contribution in [1.29, 1.82) is 0 Å². The van der Waals surface area contributed by atoms with Crippen LogP contribution in [0.2, 0.25) is 10.0 Å². The zero-order valence-corrected chi connectivity index (χ0v) is 28.6. The van der Waals surface area contributed by atoms with E-state index in [2.05, 4.69) is 27.5 Å². The maximum atomic E-state index is 14.5. The lowest BCUT2D eigenvalue weighted by molar-refractivity contribution is -0.125. The Hall–Kier alpha value is -4.17. The second-order valence-electron chi connectivity index (χ2n) is 11.6. The third-order valence-corrected chi connectivity index (χ3v) is 9.23. The van der Waals surface area contributed by atoms with E-state index in [9.17, 15) is 14.4 Å². The first-order chi connectivity index (χ1) is 23.2. The van der Waals surface area contributed by atoms with Gasteiger partial charge in [-0.3, -0.25) is 19.0 Å². The lowest BCUT2D eigenvalue weighted by Gasteiger charge is -2.32. The number of rotatable bonds is 12. The number of fused-ring (bicyclic) bond motifs is 1. The molecular formula is C33H39Cl2N7O6. The van der Waals surface area contributed by atoms with E-state index in [0.717, 1.165) is 0 Å². The molecule has 2 fully saturated rings. The molecule has 15 heteroatoms. The first-order valence-corrected chi connectivity index (χ1v) is 16.3. The van der Waals surface area contributed by atoms with Crippen LogP contribution in [0.3, 0.4) is 0 Å². The number of likely N-dealkylation sites (N-methyl/N-ethyl adjacent to an activating group) is 1. The molecule has 2 aromatic heterocycles. The van der Waals surface area contributed by atoms with E-state index in [1.165, 1.54) is 20.3 Å². The summed E-state index contributed by atoms with van der Waals surface area (Å²) in [6, 6.07) is 2.64. The van der Waals surface area contributed by atoms with Crippen LogP contribution in [0.1, 0.15) is 12.8 Å². The van der Waals surface area contributed by atoms with Gasteiger partial charge in [0, 0.05) is 62.1 Å². The van der Waals surface area contributed by atoms with Gasteiger partial charge in [-0.25, -0.2) is 4.98 Å². The number of hydrogen-bond acceptors (Lipinski definition) is 10. The highest BCUT2D eigenvalue weighted by Crippen LogP contribution is 2.45. The van der Waals surface area contributed by atoms with E-state index >= 15 is 0 Å². The zero-order valence-electron chi connectivity index (χ0n) is 27.1. The molecule has 0 bridgehead atoms. The highest BCUT2D eigenvalue weighted by Gasteiger charge is 2.30. The van der Waals surface area contributed by atoms with Gasteiger partial charge < -0.3 is 35.1 Å². The van der Waals surface area contributed by atoms with Gasteiger partial charge in [0.05, 0.1) is 48.5 Å². The second kappa shape index (κ2) is 15.8.